The van der Waals surface area contributed by atoms with Crippen molar-refractivity contribution in [3.63, 3.8) is 0 Å². The summed E-state index contributed by atoms with van der Waals surface area (Å²) in [4.78, 5) is 20.7. The zero-order valence-electron chi connectivity index (χ0n) is 14.1. The van der Waals surface area contributed by atoms with Crippen LogP contribution in [-0.4, -0.2) is 26.8 Å². The van der Waals surface area contributed by atoms with Crippen LogP contribution in [0.1, 0.15) is 18.4 Å². The van der Waals surface area contributed by atoms with Crippen LogP contribution >= 0.6 is 11.8 Å². The molecule has 0 saturated carbocycles. The molecule has 0 fully saturated rings. The minimum Gasteiger partial charge on any atom is -0.351 e. The SMILES string of the molecule is CCc1nc(-c2cccnc2SCC(=O)NCc2ccc(F)cc2)no1. The van der Waals surface area contributed by atoms with Gasteiger partial charge in [-0.1, -0.05) is 36.0 Å². The van der Waals surface area contributed by atoms with Crippen molar-refractivity contribution < 1.29 is 13.7 Å². The Hall–Kier alpha value is -2.74. The van der Waals surface area contributed by atoms with E-state index < -0.39 is 0 Å². The molecule has 0 saturated heterocycles. The lowest BCUT2D eigenvalue weighted by atomic mass is 10.2. The molecule has 3 rings (SSSR count). The Morgan fingerprint density at radius 2 is 2.08 bits per heavy atom. The fourth-order valence-corrected chi connectivity index (χ4v) is 2.99. The molecule has 0 bridgehead atoms. The van der Waals surface area contributed by atoms with Crippen LogP contribution in [0.3, 0.4) is 0 Å². The smallest absolute Gasteiger partial charge is 0.230 e. The van der Waals surface area contributed by atoms with Crippen molar-refractivity contribution in [3.8, 4) is 11.4 Å². The number of aryl methyl sites for hydroxylation is 1. The molecule has 134 valence electrons. The first-order chi connectivity index (χ1) is 12.7. The van der Waals surface area contributed by atoms with E-state index in [0.717, 1.165) is 11.1 Å². The number of amides is 1. The number of carbonyl (C=O) groups is 1. The number of nitrogens with one attached hydrogen (secondary N) is 1. The average Bonchev–Trinajstić information content (AvgIpc) is 3.15. The maximum atomic E-state index is 12.9. The maximum absolute atomic E-state index is 12.9. The van der Waals surface area contributed by atoms with Crippen LogP contribution in [0.5, 0.6) is 0 Å². The van der Waals surface area contributed by atoms with Crippen LogP contribution < -0.4 is 5.32 Å². The summed E-state index contributed by atoms with van der Waals surface area (Å²) >= 11 is 1.30. The summed E-state index contributed by atoms with van der Waals surface area (Å²) in [5.74, 6) is 0.772. The third kappa shape index (κ3) is 4.66. The molecule has 2 aromatic heterocycles. The lowest BCUT2D eigenvalue weighted by Gasteiger charge is -2.07. The number of carbonyl (C=O) groups excluding carboxylic acids is 1. The summed E-state index contributed by atoms with van der Waals surface area (Å²) < 4.78 is 18.0. The second kappa shape index (κ2) is 8.57. The number of hydrogen-bond donors (Lipinski definition) is 1. The average molecular weight is 372 g/mol. The van der Waals surface area contributed by atoms with Gasteiger partial charge in [0.15, 0.2) is 0 Å². The molecule has 0 aliphatic rings. The molecule has 0 radical (unpaired) electrons. The highest BCUT2D eigenvalue weighted by Crippen LogP contribution is 2.27. The second-order valence-corrected chi connectivity index (χ2v) is 6.38. The zero-order valence-corrected chi connectivity index (χ0v) is 14.9. The van der Waals surface area contributed by atoms with Gasteiger partial charge in [-0.15, -0.1) is 0 Å². The number of rotatable bonds is 7. The number of benzene rings is 1. The van der Waals surface area contributed by atoms with Gasteiger partial charge >= 0.3 is 0 Å². The molecule has 3 aromatic rings. The fourth-order valence-electron chi connectivity index (χ4n) is 2.17. The highest BCUT2D eigenvalue weighted by molar-refractivity contribution is 8.00. The van der Waals surface area contributed by atoms with E-state index in [-0.39, 0.29) is 17.5 Å². The molecular formula is C18H17FN4O2S. The van der Waals surface area contributed by atoms with Crippen molar-refractivity contribution in [3.05, 3.63) is 59.9 Å². The van der Waals surface area contributed by atoms with Crippen molar-refractivity contribution in [2.24, 2.45) is 0 Å². The third-order valence-corrected chi connectivity index (χ3v) is 4.53. The van der Waals surface area contributed by atoms with Crippen molar-refractivity contribution in [1.82, 2.24) is 20.4 Å². The van der Waals surface area contributed by atoms with Gasteiger partial charge in [0.25, 0.3) is 0 Å². The van der Waals surface area contributed by atoms with Crippen LogP contribution in [0.2, 0.25) is 0 Å². The summed E-state index contributed by atoms with van der Waals surface area (Å²) in [5, 5.41) is 7.42. The zero-order chi connectivity index (χ0) is 18.4. The predicted octanol–water partition coefficient (Wildman–Crippen LogP) is 3.24. The molecule has 2 heterocycles. The van der Waals surface area contributed by atoms with Gasteiger partial charge in [0.1, 0.15) is 10.8 Å². The largest absolute Gasteiger partial charge is 0.351 e. The quantitative estimate of drug-likeness (QED) is 0.641. The monoisotopic (exact) mass is 372 g/mol. The molecule has 26 heavy (non-hydrogen) atoms. The Bertz CT molecular complexity index is 883. The molecule has 0 aliphatic heterocycles. The topological polar surface area (TPSA) is 80.9 Å². The fraction of sp³-hybridized carbons (Fsp3) is 0.222. The van der Waals surface area contributed by atoms with Crippen molar-refractivity contribution in [2.45, 2.75) is 24.9 Å². The van der Waals surface area contributed by atoms with E-state index in [2.05, 4.69) is 20.4 Å². The first-order valence-corrected chi connectivity index (χ1v) is 9.06. The maximum Gasteiger partial charge on any atom is 0.230 e. The predicted molar refractivity (Wildman–Crippen MR) is 95.9 cm³/mol. The highest BCUT2D eigenvalue weighted by atomic mass is 32.2. The van der Waals surface area contributed by atoms with Crippen molar-refractivity contribution >= 4 is 17.7 Å². The Kier molecular flexibility index (Phi) is 5.96. The Morgan fingerprint density at radius 1 is 1.27 bits per heavy atom. The standard InChI is InChI=1S/C18H17FN4O2S/c1-2-16-22-17(23-25-16)14-4-3-9-20-18(14)26-11-15(24)21-10-12-5-7-13(19)8-6-12/h3-9H,2,10-11H2,1H3,(H,21,24). The summed E-state index contributed by atoms with van der Waals surface area (Å²) in [6.07, 6.45) is 2.31. The molecule has 1 N–H and O–H groups in total. The number of aromatic nitrogens is 3. The van der Waals surface area contributed by atoms with Gasteiger partial charge in [0, 0.05) is 19.2 Å². The first kappa shape index (κ1) is 18.1. The Balaban J connectivity index is 1.59. The molecule has 1 amide bonds. The number of pyridine rings is 1. The molecule has 1 aromatic carbocycles. The van der Waals surface area contributed by atoms with Gasteiger partial charge in [0.2, 0.25) is 17.6 Å². The highest BCUT2D eigenvalue weighted by Gasteiger charge is 2.14. The van der Waals surface area contributed by atoms with Crippen LogP contribution in [-0.2, 0) is 17.8 Å². The Labute approximate surface area is 154 Å². The number of halogens is 1. The van der Waals surface area contributed by atoms with E-state index in [1.54, 1.807) is 24.4 Å². The summed E-state index contributed by atoms with van der Waals surface area (Å²) in [5.41, 5.74) is 1.56. The van der Waals surface area contributed by atoms with Crippen LogP contribution in [0.4, 0.5) is 4.39 Å². The van der Waals surface area contributed by atoms with E-state index in [1.807, 2.05) is 13.0 Å². The van der Waals surface area contributed by atoms with Crippen LogP contribution in [0.15, 0.2) is 52.1 Å². The van der Waals surface area contributed by atoms with Gasteiger partial charge in [-0.2, -0.15) is 4.98 Å². The third-order valence-electron chi connectivity index (χ3n) is 3.53. The van der Waals surface area contributed by atoms with E-state index in [0.29, 0.717) is 29.7 Å². The van der Waals surface area contributed by atoms with Crippen LogP contribution in [0, 0.1) is 5.82 Å². The van der Waals surface area contributed by atoms with Gasteiger partial charge in [0.05, 0.1) is 11.3 Å². The van der Waals surface area contributed by atoms with Gasteiger partial charge in [-0.25, -0.2) is 9.37 Å². The number of thioether (sulfide) groups is 1. The number of hydrogen-bond acceptors (Lipinski definition) is 6. The molecule has 0 spiro atoms. The summed E-state index contributed by atoms with van der Waals surface area (Å²) in [6, 6.07) is 9.64. The minimum absolute atomic E-state index is 0.140. The number of nitrogens with zero attached hydrogens (tertiary/aromatic N) is 3. The van der Waals surface area contributed by atoms with Gasteiger partial charge in [-0.05, 0) is 29.8 Å². The van der Waals surface area contributed by atoms with E-state index >= 15 is 0 Å². The molecule has 0 unspecified atom stereocenters. The molecule has 8 heteroatoms. The van der Waals surface area contributed by atoms with Gasteiger partial charge < -0.3 is 9.84 Å². The molecule has 0 atom stereocenters. The second-order valence-electron chi connectivity index (χ2n) is 5.41. The molecule has 0 aliphatic carbocycles. The lowest BCUT2D eigenvalue weighted by molar-refractivity contribution is -0.118. The summed E-state index contributed by atoms with van der Waals surface area (Å²) in [6.45, 7) is 2.28. The van der Waals surface area contributed by atoms with E-state index in [1.165, 1.54) is 23.9 Å². The van der Waals surface area contributed by atoms with Gasteiger partial charge in [-0.3, -0.25) is 4.79 Å². The first-order valence-electron chi connectivity index (χ1n) is 8.07. The minimum atomic E-state index is -0.300. The van der Waals surface area contributed by atoms with Crippen molar-refractivity contribution in [2.75, 3.05) is 5.75 Å². The Morgan fingerprint density at radius 3 is 2.81 bits per heavy atom. The summed E-state index contributed by atoms with van der Waals surface area (Å²) in [7, 11) is 0. The normalized spacial score (nSPS) is 10.7. The van der Waals surface area contributed by atoms with Crippen LogP contribution in [0.25, 0.3) is 11.4 Å². The lowest BCUT2D eigenvalue weighted by Crippen LogP contribution is -2.24. The molecular weight excluding hydrogens is 355 g/mol. The van der Waals surface area contributed by atoms with E-state index in [9.17, 15) is 9.18 Å². The van der Waals surface area contributed by atoms with E-state index in [4.69, 9.17) is 4.52 Å². The van der Waals surface area contributed by atoms with Crippen molar-refractivity contribution in [1.29, 1.82) is 0 Å². The molecule has 6 nitrogen and oxygen atoms in total.